The molecule has 2 aromatic rings. The molecular formula is C22H30ClIN6. The molecule has 8 heteroatoms. The Balaban J connectivity index is 0.00000256. The Labute approximate surface area is 201 Å². The van der Waals surface area contributed by atoms with Crippen LogP contribution in [0.1, 0.15) is 12.8 Å². The second kappa shape index (κ2) is 11.0. The van der Waals surface area contributed by atoms with Crippen LogP contribution >= 0.6 is 35.6 Å². The number of anilines is 2. The van der Waals surface area contributed by atoms with Gasteiger partial charge in [0.25, 0.3) is 0 Å². The molecule has 6 nitrogen and oxygen atoms in total. The first kappa shape index (κ1) is 22.9. The van der Waals surface area contributed by atoms with Crippen LogP contribution in [0.5, 0.6) is 0 Å². The lowest BCUT2D eigenvalue weighted by molar-refractivity contribution is 0.557. The highest BCUT2D eigenvalue weighted by Crippen LogP contribution is 2.26. The van der Waals surface area contributed by atoms with E-state index in [0.717, 1.165) is 50.9 Å². The summed E-state index contributed by atoms with van der Waals surface area (Å²) in [5, 5.41) is 7.80. The van der Waals surface area contributed by atoms with E-state index < -0.39 is 0 Å². The number of halogens is 2. The maximum absolute atomic E-state index is 6.30. The predicted octanol–water partition coefficient (Wildman–Crippen LogP) is 3.62. The number of benzene rings is 1. The molecule has 0 radical (unpaired) electrons. The van der Waals surface area contributed by atoms with Crippen LogP contribution in [-0.4, -0.2) is 56.8 Å². The Morgan fingerprint density at radius 2 is 1.90 bits per heavy atom. The lowest BCUT2D eigenvalue weighted by Crippen LogP contribution is -2.46. The fraction of sp³-hybridized carbons (Fsp3) is 0.455. The molecule has 1 aromatic heterocycles. The lowest BCUT2D eigenvalue weighted by atomic mass is 10.1. The number of nitrogens with one attached hydrogen (secondary N) is 2. The number of guanidine groups is 1. The van der Waals surface area contributed by atoms with Gasteiger partial charge >= 0.3 is 0 Å². The Morgan fingerprint density at radius 3 is 2.67 bits per heavy atom. The van der Waals surface area contributed by atoms with Crippen molar-refractivity contribution in [2.45, 2.75) is 18.9 Å². The first-order chi connectivity index (χ1) is 14.2. The monoisotopic (exact) mass is 540 g/mol. The van der Waals surface area contributed by atoms with Gasteiger partial charge in [0.05, 0.1) is 5.02 Å². The van der Waals surface area contributed by atoms with E-state index in [1.807, 2.05) is 19.2 Å². The SMILES string of the molecule is CN=C(NCC1CCN(c2ccccc2)C1)NC1CCN(c2ncccc2Cl)C1.I. The summed E-state index contributed by atoms with van der Waals surface area (Å²) >= 11 is 6.30. The molecule has 0 amide bonds. The van der Waals surface area contributed by atoms with Crippen molar-refractivity contribution in [1.82, 2.24) is 15.6 Å². The third-order valence-electron chi connectivity index (χ3n) is 5.76. The molecule has 162 valence electrons. The van der Waals surface area contributed by atoms with E-state index in [1.165, 1.54) is 12.1 Å². The van der Waals surface area contributed by atoms with Crippen molar-refractivity contribution < 1.29 is 0 Å². The first-order valence-electron chi connectivity index (χ1n) is 10.4. The zero-order chi connectivity index (χ0) is 20.1. The third kappa shape index (κ3) is 5.69. The van der Waals surface area contributed by atoms with Gasteiger partial charge in [-0.1, -0.05) is 29.8 Å². The van der Waals surface area contributed by atoms with E-state index in [-0.39, 0.29) is 24.0 Å². The number of para-hydroxylation sites is 1. The van der Waals surface area contributed by atoms with Gasteiger partial charge in [0.15, 0.2) is 5.96 Å². The summed E-state index contributed by atoms with van der Waals surface area (Å²) in [6, 6.07) is 14.8. The van der Waals surface area contributed by atoms with Gasteiger partial charge in [0.1, 0.15) is 5.82 Å². The first-order valence-corrected chi connectivity index (χ1v) is 10.7. The summed E-state index contributed by atoms with van der Waals surface area (Å²) in [6.07, 6.45) is 4.04. The maximum atomic E-state index is 6.30. The molecular weight excluding hydrogens is 511 g/mol. The number of nitrogens with zero attached hydrogens (tertiary/aromatic N) is 4. The van der Waals surface area contributed by atoms with E-state index in [4.69, 9.17) is 11.6 Å². The van der Waals surface area contributed by atoms with Gasteiger partial charge in [0.2, 0.25) is 0 Å². The minimum Gasteiger partial charge on any atom is -0.371 e. The van der Waals surface area contributed by atoms with E-state index in [0.29, 0.717) is 17.0 Å². The summed E-state index contributed by atoms with van der Waals surface area (Å²) in [4.78, 5) is 13.6. The number of pyridine rings is 1. The number of aliphatic imine (C=N–C) groups is 1. The molecule has 30 heavy (non-hydrogen) atoms. The normalized spacial score (nSPS) is 21.5. The number of aromatic nitrogens is 1. The highest BCUT2D eigenvalue weighted by atomic mass is 127. The minimum absolute atomic E-state index is 0. The molecule has 0 aliphatic carbocycles. The van der Waals surface area contributed by atoms with Gasteiger partial charge in [-0.3, -0.25) is 4.99 Å². The lowest BCUT2D eigenvalue weighted by Gasteiger charge is -2.21. The molecule has 2 saturated heterocycles. The quantitative estimate of drug-likeness (QED) is 0.345. The zero-order valence-electron chi connectivity index (χ0n) is 17.3. The highest BCUT2D eigenvalue weighted by Gasteiger charge is 2.26. The Hall–Kier alpha value is -1.74. The largest absolute Gasteiger partial charge is 0.371 e. The van der Waals surface area contributed by atoms with Crippen LogP contribution in [-0.2, 0) is 0 Å². The molecule has 2 fully saturated rings. The second-order valence-electron chi connectivity index (χ2n) is 7.77. The summed E-state index contributed by atoms with van der Waals surface area (Å²) in [7, 11) is 1.84. The van der Waals surface area contributed by atoms with Crippen molar-refractivity contribution in [2.75, 3.05) is 49.6 Å². The molecule has 0 bridgehead atoms. The summed E-state index contributed by atoms with van der Waals surface area (Å²) < 4.78 is 0. The fourth-order valence-corrected chi connectivity index (χ4v) is 4.42. The minimum atomic E-state index is 0. The molecule has 3 heterocycles. The van der Waals surface area contributed by atoms with E-state index in [9.17, 15) is 0 Å². The fourth-order valence-electron chi connectivity index (χ4n) is 4.18. The molecule has 4 rings (SSSR count). The maximum Gasteiger partial charge on any atom is 0.191 e. The number of hydrogen-bond donors (Lipinski definition) is 2. The van der Waals surface area contributed by atoms with Crippen LogP contribution in [0.25, 0.3) is 0 Å². The van der Waals surface area contributed by atoms with Gasteiger partial charge in [-0.2, -0.15) is 0 Å². The van der Waals surface area contributed by atoms with Gasteiger partial charge in [-0.25, -0.2) is 4.98 Å². The molecule has 2 N–H and O–H groups in total. The predicted molar refractivity (Wildman–Crippen MR) is 137 cm³/mol. The van der Waals surface area contributed by atoms with Gasteiger partial charge in [0, 0.05) is 57.7 Å². The second-order valence-corrected chi connectivity index (χ2v) is 8.18. The molecule has 1 aromatic carbocycles. The van der Waals surface area contributed by atoms with E-state index >= 15 is 0 Å². The summed E-state index contributed by atoms with van der Waals surface area (Å²) in [5.74, 6) is 2.37. The average Bonchev–Trinajstić information content (AvgIpc) is 3.42. The summed E-state index contributed by atoms with van der Waals surface area (Å²) in [5.41, 5.74) is 1.32. The van der Waals surface area contributed by atoms with Crippen molar-refractivity contribution in [3.63, 3.8) is 0 Å². The van der Waals surface area contributed by atoms with Crippen molar-refractivity contribution in [3.05, 3.63) is 53.7 Å². The Kier molecular flexibility index (Phi) is 8.44. The van der Waals surface area contributed by atoms with Crippen LogP contribution in [0, 0.1) is 5.92 Å². The van der Waals surface area contributed by atoms with E-state index in [1.54, 1.807) is 6.20 Å². The molecule has 2 aliphatic rings. The summed E-state index contributed by atoms with van der Waals surface area (Å²) in [6.45, 7) is 4.96. The Bertz CT molecular complexity index is 833. The topological polar surface area (TPSA) is 55.8 Å². The van der Waals surface area contributed by atoms with Gasteiger partial charge in [-0.15, -0.1) is 24.0 Å². The Morgan fingerprint density at radius 1 is 1.10 bits per heavy atom. The van der Waals surface area contributed by atoms with Crippen LogP contribution in [0.4, 0.5) is 11.5 Å². The highest BCUT2D eigenvalue weighted by molar-refractivity contribution is 14.0. The zero-order valence-corrected chi connectivity index (χ0v) is 20.4. The van der Waals surface area contributed by atoms with Crippen LogP contribution in [0.15, 0.2) is 53.7 Å². The number of hydrogen-bond acceptors (Lipinski definition) is 4. The standard InChI is InChI=1S/C22H29ClN6.HI/c1-24-22(26-14-17-9-12-28(15-17)19-6-3-2-4-7-19)27-18-10-13-29(16-18)21-20(23)8-5-11-25-21;/h2-8,11,17-18H,9-10,12-16H2,1H3,(H2,24,26,27);1H. The molecule has 2 aliphatic heterocycles. The molecule has 2 unspecified atom stereocenters. The van der Waals surface area contributed by atoms with Gasteiger partial charge in [-0.05, 0) is 43.0 Å². The van der Waals surface area contributed by atoms with Crippen molar-refractivity contribution in [3.8, 4) is 0 Å². The molecule has 0 saturated carbocycles. The molecule has 2 atom stereocenters. The van der Waals surface area contributed by atoms with Crippen LogP contribution in [0.2, 0.25) is 5.02 Å². The van der Waals surface area contributed by atoms with Crippen molar-refractivity contribution in [2.24, 2.45) is 10.9 Å². The van der Waals surface area contributed by atoms with Crippen molar-refractivity contribution >= 4 is 53.0 Å². The van der Waals surface area contributed by atoms with Crippen LogP contribution < -0.4 is 20.4 Å². The van der Waals surface area contributed by atoms with Crippen molar-refractivity contribution in [1.29, 1.82) is 0 Å². The number of rotatable bonds is 5. The van der Waals surface area contributed by atoms with Crippen LogP contribution in [0.3, 0.4) is 0 Å². The smallest absolute Gasteiger partial charge is 0.191 e. The third-order valence-corrected chi connectivity index (χ3v) is 6.05. The van der Waals surface area contributed by atoms with E-state index in [2.05, 4.69) is 60.7 Å². The van der Waals surface area contributed by atoms with Gasteiger partial charge < -0.3 is 20.4 Å². The average molecular weight is 541 g/mol. The molecule has 0 spiro atoms.